The first-order valence-electron chi connectivity index (χ1n) is 5.46. The highest BCUT2D eigenvalue weighted by atomic mass is 35.7. The molecule has 6 heteroatoms. The maximum atomic E-state index is 11.5. The smallest absolute Gasteiger partial charge is 0.261 e. The second-order valence-electron chi connectivity index (χ2n) is 4.05. The van der Waals surface area contributed by atoms with E-state index in [0.29, 0.717) is 12.2 Å². The summed E-state index contributed by atoms with van der Waals surface area (Å²) in [5.74, 6) is 1.65. The molecule has 0 atom stereocenters. The van der Waals surface area contributed by atoms with Gasteiger partial charge in [-0.1, -0.05) is 0 Å². The van der Waals surface area contributed by atoms with E-state index in [0.717, 1.165) is 22.6 Å². The standard InChI is InChI=1S/C12H17ClO3S2/c1-8-7-11(18(13,14)15)9(2)10(3)12(8)16-5-6-17-4/h7H,5-6H2,1-4H3. The summed E-state index contributed by atoms with van der Waals surface area (Å²) in [6.07, 6.45) is 2.01. The van der Waals surface area contributed by atoms with Gasteiger partial charge in [-0.15, -0.1) is 0 Å². The summed E-state index contributed by atoms with van der Waals surface area (Å²) < 4.78 is 28.6. The van der Waals surface area contributed by atoms with Crippen molar-refractivity contribution in [1.82, 2.24) is 0 Å². The Morgan fingerprint density at radius 1 is 1.28 bits per heavy atom. The molecule has 1 rings (SSSR count). The normalized spacial score (nSPS) is 11.6. The van der Waals surface area contributed by atoms with E-state index in [-0.39, 0.29) is 4.90 Å². The predicted octanol–water partition coefficient (Wildman–Crippen LogP) is 3.28. The summed E-state index contributed by atoms with van der Waals surface area (Å²) in [7, 11) is 1.71. The molecule has 0 saturated heterocycles. The second kappa shape index (κ2) is 6.17. The number of hydrogen-bond donors (Lipinski definition) is 0. The minimum Gasteiger partial charge on any atom is -0.492 e. The molecule has 3 nitrogen and oxygen atoms in total. The van der Waals surface area contributed by atoms with Crippen molar-refractivity contribution in [2.75, 3.05) is 18.6 Å². The number of hydrogen-bond acceptors (Lipinski definition) is 4. The second-order valence-corrected chi connectivity index (χ2v) is 7.57. The van der Waals surface area contributed by atoms with Crippen molar-refractivity contribution in [3.8, 4) is 5.75 Å². The number of halogens is 1. The summed E-state index contributed by atoms with van der Waals surface area (Å²) >= 11 is 1.70. The van der Waals surface area contributed by atoms with Crippen molar-refractivity contribution in [1.29, 1.82) is 0 Å². The molecule has 0 aliphatic rings. The number of benzene rings is 1. The van der Waals surface area contributed by atoms with Gasteiger partial charge < -0.3 is 4.74 Å². The Morgan fingerprint density at radius 3 is 2.39 bits per heavy atom. The molecule has 18 heavy (non-hydrogen) atoms. The van der Waals surface area contributed by atoms with E-state index in [1.54, 1.807) is 24.8 Å². The third kappa shape index (κ3) is 3.56. The van der Waals surface area contributed by atoms with Gasteiger partial charge in [0, 0.05) is 16.4 Å². The Balaban J connectivity index is 3.21. The maximum absolute atomic E-state index is 11.5. The Kier molecular flexibility index (Phi) is 5.37. The molecule has 0 aromatic heterocycles. The van der Waals surface area contributed by atoms with Crippen LogP contribution >= 0.6 is 22.4 Å². The highest BCUT2D eigenvalue weighted by Crippen LogP contribution is 2.32. The summed E-state index contributed by atoms with van der Waals surface area (Å²) in [5, 5.41) is 0. The molecule has 0 fully saturated rings. The number of aryl methyl sites for hydroxylation is 1. The lowest BCUT2D eigenvalue weighted by molar-refractivity contribution is 0.338. The summed E-state index contributed by atoms with van der Waals surface area (Å²) in [6, 6.07) is 1.57. The van der Waals surface area contributed by atoms with E-state index in [2.05, 4.69) is 0 Å². The molecule has 0 heterocycles. The van der Waals surface area contributed by atoms with Crippen molar-refractivity contribution in [2.24, 2.45) is 0 Å². The fourth-order valence-corrected chi connectivity index (χ4v) is 3.29. The molecular formula is C12H17ClO3S2. The van der Waals surface area contributed by atoms with E-state index in [1.807, 2.05) is 20.1 Å². The maximum Gasteiger partial charge on any atom is 0.261 e. The highest BCUT2D eigenvalue weighted by Gasteiger charge is 2.19. The summed E-state index contributed by atoms with van der Waals surface area (Å²) in [4.78, 5) is 0.163. The first-order valence-corrected chi connectivity index (χ1v) is 9.16. The fraction of sp³-hybridized carbons (Fsp3) is 0.500. The lowest BCUT2D eigenvalue weighted by Crippen LogP contribution is -2.06. The molecule has 0 bridgehead atoms. The zero-order chi connectivity index (χ0) is 13.9. The lowest BCUT2D eigenvalue weighted by atomic mass is 10.1. The van der Waals surface area contributed by atoms with Gasteiger partial charge in [-0.3, -0.25) is 0 Å². The average Bonchev–Trinajstić information content (AvgIpc) is 2.26. The van der Waals surface area contributed by atoms with Gasteiger partial charge in [0.1, 0.15) is 5.75 Å². The number of ether oxygens (including phenoxy) is 1. The molecule has 0 unspecified atom stereocenters. The van der Waals surface area contributed by atoms with Crippen LogP contribution in [-0.4, -0.2) is 27.0 Å². The van der Waals surface area contributed by atoms with Gasteiger partial charge in [0.2, 0.25) is 0 Å². The molecule has 0 saturated carbocycles. The van der Waals surface area contributed by atoms with Gasteiger partial charge in [-0.05, 0) is 49.8 Å². The molecule has 0 radical (unpaired) electrons. The van der Waals surface area contributed by atoms with Crippen LogP contribution in [0.5, 0.6) is 5.75 Å². The lowest BCUT2D eigenvalue weighted by Gasteiger charge is -2.16. The molecule has 1 aromatic carbocycles. The molecule has 1 aromatic rings. The van der Waals surface area contributed by atoms with Gasteiger partial charge in [0.25, 0.3) is 9.05 Å². The predicted molar refractivity (Wildman–Crippen MR) is 77.6 cm³/mol. The quantitative estimate of drug-likeness (QED) is 0.618. The van der Waals surface area contributed by atoms with Crippen LogP contribution in [0.15, 0.2) is 11.0 Å². The largest absolute Gasteiger partial charge is 0.492 e. The van der Waals surface area contributed by atoms with Gasteiger partial charge in [-0.25, -0.2) is 8.42 Å². The Hall–Kier alpha value is -0.390. The van der Waals surface area contributed by atoms with Gasteiger partial charge in [0.15, 0.2) is 0 Å². The zero-order valence-corrected chi connectivity index (χ0v) is 13.3. The third-order valence-electron chi connectivity index (χ3n) is 2.77. The minimum atomic E-state index is -3.71. The van der Waals surface area contributed by atoms with Crippen molar-refractivity contribution < 1.29 is 13.2 Å². The third-order valence-corrected chi connectivity index (χ3v) is 4.80. The van der Waals surface area contributed by atoms with E-state index in [1.165, 1.54) is 0 Å². The van der Waals surface area contributed by atoms with Crippen molar-refractivity contribution in [3.63, 3.8) is 0 Å². The van der Waals surface area contributed by atoms with Crippen LogP contribution < -0.4 is 4.74 Å². The Bertz CT molecular complexity index is 539. The van der Waals surface area contributed by atoms with Crippen LogP contribution in [0, 0.1) is 20.8 Å². The molecule has 102 valence electrons. The molecule has 0 aliphatic heterocycles. The number of rotatable bonds is 5. The van der Waals surface area contributed by atoms with Crippen LogP contribution in [0.25, 0.3) is 0 Å². The van der Waals surface area contributed by atoms with Crippen molar-refractivity contribution in [3.05, 3.63) is 22.8 Å². The van der Waals surface area contributed by atoms with Crippen LogP contribution in [0.2, 0.25) is 0 Å². The molecule has 0 N–H and O–H groups in total. The zero-order valence-electron chi connectivity index (χ0n) is 10.9. The van der Waals surface area contributed by atoms with Crippen LogP contribution in [0.1, 0.15) is 16.7 Å². The molecule has 0 aliphatic carbocycles. The van der Waals surface area contributed by atoms with Crippen LogP contribution in [-0.2, 0) is 9.05 Å². The fourth-order valence-electron chi connectivity index (χ4n) is 1.72. The minimum absolute atomic E-state index is 0.163. The average molecular weight is 309 g/mol. The summed E-state index contributed by atoms with van der Waals surface area (Å²) in [6.45, 7) is 6.02. The molecule has 0 spiro atoms. The van der Waals surface area contributed by atoms with Crippen LogP contribution in [0.3, 0.4) is 0 Å². The van der Waals surface area contributed by atoms with E-state index in [4.69, 9.17) is 15.4 Å². The van der Waals surface area contributed by atoms with Gasteiger partial charge in [0.05, 0.1) is 11.5 Å². The first kappa shape index (κ1) is 15.7. The Morgan fingerprint density at radius 2 is 1.89 bits per heavy atom. The van der Waals surface area contributed by atoms with Crippen molar-refractivity contribution >= 4 is 31.5 Å². The summed E-state index contributed by atoms with van der Waals surface area (Å²) in [5.41, 5.74) is 2.27. The topological polar surface area (TPSA) is 43.4 Å². The monoisotopic (exact) mass is 308 g/mol. The molecular weight excluding hydrogens is 292 g/mol. The number of thioether (sulfide) groups is 1. The van der Waals surface area contributed by atoms with Crippen LogP contribution in [0.4, 0.5) is 0 Å². The van der Waals surface area contributed by atoms with E-state index in [9.17, 15) is 8.42 Å². The highest BCUT2D eigenvalue weighted by molar-refractivity contribution is 8.13. The van der Waals surface area contributed by atoms with Gasteiger partial charge >= 0.3 is 0 Å². The first-order chi connectivity index (χ1) is 8.29. The SMILES string of the molecule is CSCCOc1c(C)cc(S(=O)(=O)Cl)c(C)c1C. The van der Waals surface area contributed by atoms with E-state index >= 15 is 0 Å². The molecule has 0 amide bonds. The van der Waals surface area contributed by atoms with Gasteiger partial charge in [-0.2, -0.15) is 11.8 Å². The Labute approximate surface area is 117 Å². The van der Waals surface area contributed by atoms with E-state index < -0.39 is 9.05 Å². The van der Waals surface area contributed by atoms with Crippen molar-refractivity contribution in [2.45, 2.75) is 25.7 Å².